The van der Waals surface area contributed by atoms with Crippen LogP contribution in [0.3, 0.4) is 0 Å². The van der Waals surface area contributed by atoms with E-state index in [-0.39, 0.29) is 5.91 Å². The van der Waals surface area contributed by atoms with E-state index in [4.69, 9.17) is 9.84 Å². The Balaban J connectivity index is 1.21. The molecule has 0 bridgehead atoms. The highest BCUT2D eigenvalue weighted by molar-refractivity contribution is 5.94. The van der Waals surface area contributed by atoms with Crippen molar-refractivity contribution < 1.29 is 9.53 Å². The summed E-state index contributed by atoms with van der Waals surface area (Å²) in [5, 5.41) is 8.09. The number of anilines is 2. The van der Waals surface area contributed by atoms with Crippen LogP contribution in [0.25, 0.3) is 16.9 Å². The monoisotopic (exact) mass is 514 g/mol. The number of fused-ring (bicyclic) bond motifs is 1. The summed E-state index contributed by atoms with van der Waals surface area (Å²) < 4.78 is 7.09. The molecule has 0 radical (unpaired) electrons. The highest BCUT2D eigenvalue weighted by Crippen LogP contribution is 2.20. The van der Waals surface area contributed by atoms with Crippen molar-refractivity contribution in [1.29, 1.82) is 0 Å². The Morgan fingerprint density at radius 2 is 1.72 bits per heavy atom. The van der Waals surface area contributed by atoms with Crippen molar-refractivity contribution in [1.82, 2.24) is 24.5 Å². The standard InChI is InChI=1S/C31H26N6O2/c1-22-2-9-26(10-3-22)34-29-20-23(14-15-32-29)4-11-27-21-33-30-13-12-28(35-37(27)30)24-5-7-25(8-6-24)31(38)36-16-18-39-19-17-36/h2-3,5-10,12-15,20-21H,16-19H2,1H3,(H,32,34). The first-order chi connectivity index (χ1) is 19.1. The Morgan fingerprint density at radius 1 is 0.923 bits per heavy atom. The maximum absolute atomic E-state index is 12.8. The van der Waals surface area contributed by atoms with Crippen molar-refractivity contribution >= 4 is 23.1 Å². The molecule has 1 N–H and O–H groups in total. The van der Waals surface area contributed by atoms with E-state index in [1.54, 1.807) is 16.9 Å². The largest absolute Gasteiger partial charge is 0.378 e. The van der Waals surface area contributed by atoms with E-state index in [0.717, 1.165) is 28.3 Å². The summed E-state index contributed by atoms with van der Waals surface area (Å²) in [4.78, 5) is 23.4. The van der Waals surface area contributed by atoms with Gasteiger partial charge in [0.1, 0.15) is 11.5 Å². The predicted molar refractivity (Wildman–Crippen MR) is 150 cm³/mol. The summed E-state index contributed by atoms with van der Waals surface area (Å²) in [6.07, 6.45) is 3.45. The zero-order valence-electron chi connectivity index (χ0n) is 21.5. The second-order valence-corrected chi connectivity index (χ2v) is 9.28. The van der Waals surface area contributed by atoms with Gasteiger partial charge in [0.2, 0.25) is 0 Å². The van der Waals surface area contributed by atoms with Crippen molar-refractivity contribution in [2.45, 2.75) is 6.92 Å². The van der Waals surface area contributed by atoms with E-state index < -0.39 is 0 Å². The number of pyridine rings is 1. The molecule has 0 aliphatic carbocycles. The Morgan fingerprint density at radius 3 is 2.51 bits per heavy atom. The Bertz CT molecular complexity index is 1690. The molecule has 8 heteroatoms. The lowest BCUT2D eigenvalue weighted by Gasteiger charge is -2.26. The number of amides is 1. The number of nitrogens with one attached hydrogen (secondary N) is 1. The van der Waals surface area contributed by atoms with Gasteiger partial charge in [0.05, 0.1) is 25.1 Å². The number of imidazole rings is 1. The van der Waals surface area contributed by atoms with Crippen LogP contribution < -0.4 is 5.32 Å². The van der Waals surface area contributed by atoms with Gasteiger partial charge in [0.25, 0.3) is 5.91 Å². The van der Waals surface area contributed by atoms with Crippen molar-refractivity contribution in [3.63, 3.8) is 0 Å². The van der Waals surface area contributed by atoms with Crippen molar-refractivity contribution in [2.24, 2.45) is 0 Å². The van der Waals surface area contributed by atoms with Crippen LogP contribution >= 0.6 is 0 Å². The average molecular weight is 515 g/mol. The fraction of sp³-hybridized carbons (Fsp3) is 0.161. The number of aryl methyl sites for hydroxylation is 1. The smallest absolute Gasteiger partial charge is 0.254 e. The SMILES string of the molecule is Cc1ccc(Nc2cc(C#Cc3cnc4ccc(-c5ccc(C(=O)N6CCOCC6)cc5)nn34)ccn2)cc1. The number of nitrogens with zero attached hydrogens (tertiary/aromatic N) is 5. The van der Waals surface area contributed by atoms with E-state index in [1.165, 1.54) is 5.56 Å². The van der Waals surface area contributed by atoms with Crippen LogP contribution in [0.5, 0.6) is 0 Å². The molecule has 0 atom stereocenters. The fourth-order valence-corrected chi connectivity index (χ4v) is 4.34. The molecule has 192 valence electrons. The Labute approximate surface area is 226 Å². The lowest BCUT2D eigenvalue weighted by molar-refractivity contribution is 0.0303. The minimum atomic E-state index is 0.0220. The zero-order chi connectivity index (χ0) is 26.6. The number of rotatable bonds is 4. The third kappa shape index (κ3) is 5.49. The van der Waals surface area contributed by atoms with Crippen LogP contribution in [0.4, 0.5) is 11.5 Å². The Kier molecular flexibility index (Phi) is 6.73. The molecule has 1 fully saturated rings. The summed E-state index contributed by atoms with van der Waals surface area (Å²) in [6.45, 7) is 4.45. The van der Waals surface area contributed by atoms with E-state index in [1.807, 2.05) is 65.6 Å². The molecule has 6 rings (SSSR count). The van der Waals surface area contributed by atoms with Crippen LogP contribution in [-0.2, 0) is 4.74 Å². The zero-order valence-corrected chi connectivity index (χ0v) is 21.5. The molecular formula is C31H26N6O2. The van der Waals surface area contributed by atoms with Crippen molar-refractivity contribution in [3.05, 3.63) is 108 Å². The highest BCUT2D eigenvalue weighted by atomic mass is 16.5. The topological polar surface area (TPSA) is 84.7 Å². The molecule has 1 aliphatic rings. The third-order valence-corrected chi connectivity index (χ3v) is 6.51. The number of aromatic nitrogens is 4. The predicted octanol–water partition coefficient (Wildman–Crippen LogP) is 4.72. The average Bonchev–Trinajstić information content (AvgIpc) is 3.40. The second kappa shape index (κ2) is 10.8. The molecule has 5 aromatic rings. The molecule has 1 amide bonds. The van der Waals surface area contributed by atoms with E-state index in [2.05, 4.69) is 46.2 Å². The summed E-state index contributed by atoms with van der Waals surface area (Å²) in [6, 6.07) is 23.3. The molecule has 1 saturated heterocycles. The van der Waals surface area contributed by atoms with Gasteiger partial charge in [-0.2, -0.15) is 5.10 Å². The number of benzene rings is 2. The summed E-state index contributed by atoms with van der Waals surface area (Å²) in [7, 11) is 0. The van der Waals surface area contributed by atoms with E-state index >= 15 is 0 Å². The molecule has 2 aromatic carbocycles. The van der Waals surface area contributed by atoms with Gasteiger partial charge in [-0.15, -0.1) is 0 Å². The molecule has 0 saturated carbocycles. The lowest BCUT2D eigenvalue weighted by Crippen LogP contribution is -2.40. The third-order valence-electron chi connectivity index (χ3n) is 6.51. The van der Waals surface area contributed by atoms with Crippen LogP contribution in [0.2, 0.25) is 0 Å². The van der Waals surface area contributed by atoms with Crippen LogP contribution in [0.1, 0.15) is 27.2 Å². The van der Waals surface area contributed by atoms with Gasteiger partial charge in [-0.1, -0.05) is 35.7 Å². The summed E-state index contributed by atoms with van der Waals surface area (Å²) in [5.74, 6) is 7.14. The number of ether oxygens (including phenoxy) is 1. The Hall–Kier alpha value is -5.00. The second-order valence-electron chi connectivity index (χ2n) is 9.28. The lowest BCUT2D eigenvalue weighted by atomic mass is 10.1. The van der Waals surface area contributed by atoms with E-state index in [9.17, 15) is 4.79 Å². The maximum Gasteiger partial charge on any atom is 0.254 e. The van der Waals surface area contributed by atoms with Gasteiger partial charge < -0.3 is 15.0 Å². The van der Waals surface area contributed by atoms with Gasteiger partial charge in [0, 0.05) is 41.7 Å². The van der Waals surface area contributed by atoms with Gasteiger partial charge >= 0.3 is 0 Å². The number of carbonyl (C=O) groups is 1. The molecular weight excluding hydrogens is 488 g/mol. The first kappa shape index (κ1) is 24.3. The van der Waals surface area contributed by atoms with Crippen molar-refractivity contribution in [3.8, 4) is 23.1 Å². The minimum absolute atomic E-state index is 0.0220. The normalized spacial score (nSPS) is 13.1. The number of morpholine rings is 1. The van der Waals surface area contributed by atoms with Gasteiger partial charge in [-0.05, 0) is 61.4 Å². The minimum Gasteiger partial charge on any atom is -0.378 e. The van der Waals surface area contributed by atoms with Crippen LogP contribution in [0.15, 0.2) is 85.2 Å². The summed E-state index contributed by atoms with van der Waals surface area (Å²) in [5.41, 5.74) is 6.71. The first-order valence-electron chi connectivity index (χ1n) is 12.8. The molecule has 4 heterocycles. The van der Waals surface area contributed by atoms with E-state index in [0.29, 0.717) is 43.2 Å². The molecule has 0 unspecified atom stereocenters. The van der Waals surface area contributed by atoms with Gasteiger partial charge in [0.15, 0.2) is 5.65 Å². The fourth-order valence-electron chi connectivity index (χ4n) is 4.34. The van der Waals surface area contributed by atoms with Gasteiger partial charge in [-0.25, -0.2) is 14.5 Å². The maximum atomic E-state index is 12.8. The molecule has 3 aromatic heterocycles. The van der Waals surface area contributed by atoms with Crippen LogP contribution in [-0.4, -0.2) is 56.7 Å². The highest BCUT2D eigenvalue weighted by Gasteiger charge is 2.18. The number of carbonyl (C=O) groups excluding carboxylic acids is 1. The first-order valence-corrected chi connectivity index (χ1v) is 12.8. The van der Waals surface area contributed by atoms with Crippen molar-refractivity contribution in [2.75, 3.05) is 31.6 Å². The summed E-state index contributed by atoms with van der Waals surface area (Å²) >= 11 is 0. The molecule has 1 aliphatic heterocycles. The molecule has 8 nitrogen and oxygen atoms in total. The van der Waals surface area contributed by atoms with Crippen LogP contribution in [0, 0.1) is 18.8 Å². The van der Waals surface area contributed by atoms with Gasteiger partial charge in [-0.3, -0.25) is 4.79 Å². The molecule has 0 spiro atoms. The quantitative estimate of drug-likeness (QED) is 0.350. The number of hydrogen-bond acceptors (Lipinski definition) is 6. The number of hydrogen-bond donors (Lipinski definition) is 1. The molecule has 39 heavy (non-hydrogen) atoms.